The average molecular weight is 418 g/mol. The van der Waals surface area contributed by atoms with Crippen LogP contribution in [0.5, 0.6) is 0 Å². The van der Waals surface area contributed by atoms with Crippen LogP contribution in [0.25, 0.3) is 11.2 Å². The molecule has 0 saturated heterocycles. The minimum Gasteiger partial charge on any atom is -0.385 e. The zero-order valence-corrected chi connectivity index (χ0v) is 16.3. The van der Waals surface area contributed by atoms with E-state index in [-0.39, 0.29) is 29.6 Å². The molecule has 0 bridgehead atoms. The molecule has 2 heterocycles. The zero-order chi connectivity index (χ0) is 21.5. The number of nitrogens with one attached hydrogen (secondary N) is 1. The first-order valence-electron chi connectivity index (χ1n) is 9.69. The molecule has 1 aliphatic rings. The standard InChI is InChI=1S/C21H21F3N4O2/c1-20(30,13-6-3-2-4-7-13)12-16(29)26-19-27-17-15(21(22,23)24)10-11-25-18(17)28(19)14-8-5-9-14/h2-4,6-7,10-11,14,30H,5,8-9,12H2,1H3,(H,26,27,29)/t20-/m0/s1. The van der Waals surface area contributed by atoms with Crippen molar-refractivity contribution in [2.24, 2.45) is 0 Å². The maximum atomic E-state index is 13.4. The predicted octanol–water partition coefficient (Wildman–Crippen LogP) is 4.41. The Morgan fingerprint density at radius 1 is 1.23 bits per heavy atom. The lowest BCUT2D eigenvalue weighted by Gasteiger charge is -2.29. The number of pyridine rings is 1. The Hall–Kier alpha value is -2.94. The van der Waals surface area contributed by atoms with Gasteiger partial charge in [0.25, 0.3) is 0 Å². The van der Waals surface area contributed by atoms with E-state index in [1.54, 1.807) is 34.9 Å². The first kappa shape index (κ1) is 20.3. The van der Waals surface area contributed by atoms with Gasteiger partial charge in [0.2, 0.25) is 11.9 Å². The highest BCUT2D eigenvalue weighted by molar-refractivity contribution is 5.92. The molecule has 1 atom stereocenters. The second kappa shape index (κ2) is 7.39. The number of imidazole rings is 1. The summed E-state index contributed by atoms with van der Waals surface area (Å²) in [4.78, 5) is 20.9. The SMILES string of the molecule is C[C@](O)(CC(=O)Nc1nc2c(C(F)(F)F)ccnc2n1C1CCC1)c1ccccc1. The van der Waals surface area contributed by atoms with E-state index >= 15 is 0 Å². The van der Waals surface area contributed by atoms with Crippen molar-refractivity contribution in [1.29, 1.82) is 0 Å². The predicted molar refractivity (Wildman–Crippen MR) is 105 cm³/mol. The summed E-state index contributed by atoms with van der Waals surface area (Å²) in [7, 11) is 0. The van der Waals surface area contributed by atoms with Crippen LogP contribution in [0.3, 0.4) is 0 Å². The normalized spacial score (nSPS) is 16.8. The van der Waals surface area contributed by atoms with Crippen molar-refractivity contribution < 1.29 is 23.1 Å². The molecule has 6 nitrogen and oxygen atoms in total. The molecule has 1 aromatic carbocycles. The molecule has 4 rings (SSSR count). The van der Waals surface area contributed by atoms with Gasteiger partial charge in [-0.15, -0.1) is 0 Å². The molecule has 1 aliphatic carbocycles. The van der Waals surface area contributed by atoms with Gasteiger partial charge in [-0.1, -0.05) is 30.3 Å². The van der Waals surface area contributed by atoms with Crippen LogP contribution in [0, 0.1) is 0 Å². The van der Waals surface area contributed by atoms with Gasteiger partial charge in [-0.25, -0.2) is 9.97 Å². The van der Waals surface area contributed by atoms with E-state index in [2.05, 4.69) is 15.3 Å². The van der Waals surface area contributed by atoms with Gasteiger partial charge in [-0.05, 0) is 37.8 Å². The number of alkyl halides is 3. The number of aliphatic hydroxyl groups is 1. The number of benzene rings is 1. The second-order valence-corrected chi connectivity index (χ2v) is 7.78. The Bertz CT molecular complexity index is 1070. The topological polar surface area (TPSA) is 80.0 Å². The van der Waals surface area contributed by atoms with Gasteiger partial charge in [0.05, 0.1) is 17.6 Å². The Kier molecular flexibility index (Phi) is 5.01. The smallest absolute Gasteiger partial charge is 0.385 e. The fourth-order valence-electron chi connectivity index (χ4n) is 3.68. The Balaban J connectivity index is 1.67. The summed E-state index contributed by atoms with van der Waals surface area (Å²) in [6.45, 7) is 1.51. The summed E-state index contributed by atoms with van der Waals surface area (Å²) in [5.74, 6) is -0.527. The third-order valence-corrected chi connectivity index (χ3v) is 5.48. The minimum absolute atomic E-state index is 0.0211. The summed E-state index contributed by atoms with van der Waals surface area (Å²) in [6.07, 6.45) is -1.27. The molecule has 1 saturated carbocycles. The lowest BCUT2D eigenvalue weighted by Crippen LogP contribution is -2.30. The van der Waals surface area contributed by atoms with E-state index in [0.717, 1.165) is 31.5 Å². The van der Waals surface area contributed by atoms with Crippen molar-refractivity contribution >= 4 is 23.0 Å². The van der Waals surface area contributed by atoms with E-state index in [9.17, 15) is 23.1 Å². The van der Waals surface area contributed by atoms with Crippen LogP contribution >= 0.6 is 0 Å². The first-order chi connectivity index (χ1) is 14.2. The number of carbonyl (C=O) groups excluding carboxylic acids is 1. The first-order valence-corrected chi connectivity index (χ1v) is 9.69. The number of aromatic nitrogens is 3. The molecular formula is C21H21F3N4O2. The van der Waals surface area contributed by atoms with Crippen LogP contribution in [-0.4, -0.2) is 25.5 Å². The summed E-state index contributed by atoms with van der Waals surface area (Å²) >= 11 is 0. The monoisotopic (exact) mass is 418 g/mol. The van der Waals surface area contributed by atoms with Gasteiger partial charge < -0.3 is 5.11 Å². The highest BCUT2D eigenvalue weighted by Crippen LogP contribution is 2.40. The molecular weight excluding hydrogens is 397 g/mol. The van der Waals surface area contributed by atoms with Crippen LogP contribution in [0.1, 0.15) is 49.8 Å². The van der Waals surface area contributed by atoms with Gasteiger partial charge >= 0.3 is 6.18 Å². The molecule has 0 aliphatic heterocycles. The molecule has 3 aromatic rings. The van der Waals surface area contributed by atoms with E-state index in [0.29, 0.717) is 5.56 Å². The lowest BCUT2D eigenvalue weighted by atomic mass is 9.92. The van der Waals surface area contributed by atoms with Crippen molar-refractivity contribution in [3.63, 3.8) is 0 Å². The van der Waals surface area contributed by atoms with Crippen LogP contribution < -0.4 is 5.32 Å². The molecule has 2 N–H and O–H groups in total. The molecule has 158 valence electrons. The minimum atomic E-state index is -4.59. The Morgan fingerprint density at radius 3 is 2.53 bits per heavy atom. The highest BCUT2D eigenvalue weighted by Gasteiger charge is 2.36. The number of hydrogen-bond acceptors (Lipinski definition) is 4. The van der Waals surface area contributed by atoms with Gasteiger partial charge in [0, 0.05) is 12.2 Å². The fraction of sp³-hybridized carbons (Fsp3) is 0.381. The van der Waals surface area contributed by atoms with E-state index in [4.69, 9.17) is 0 Å². The molecule has 0 unspecified atom stereocenters. The number of hydrogen-bond donors (Lipinski definition) is 2. The molecule has 1 amide bonds. The number of carbonyl (C=O) groups is 1. The number of nitrogens with zero attached hydrogens (tertiary/aromatic N) is 3. The van der Waals surface area contributed by atoms with Crippen LogP contribution in [0.4, 0.5) is 19.1 Å². The summed E-state index contributed by atoms with van der Waals surface area (Å²) in [5.41, 5.74) is -1.96. The van der Waals surface area contributed by atoms with Crippen molar-refractivity contribution in [1.82, 2.24) is 14.5 Å². The van der Waals surface area contributed by atoms with Crippen LogP contribution in [-0.2, 0) is 16.6 Å². The van der Waals surface area contributed by atoms with Crippen molar-refractivity contribution in [2.45, 2.75) is 50.4 Å². The zero-order valence-electron chi connectivity index (χ0n) is 16.3. The number of anilines is 1. The second-order valence-electron chi connectivity index (χ2n) is 7.78. The fourth-order valence-corrected chi connectivity index (χ4v) is 3.68. The third kappa shape index (κ3) is 3.77. The number of halogens is 3. The molecule has 30 heavy (non-hydrogen) atoms. The molecule has 1 fully saturated rings. The van der Waals surface area contributed by atoms with E-state index in [1.807, 2.05) is 0 Å². The largest absolute Gasteiger partial charge is 0.418 e. The summed E-state index contributed by atoms with van der Waals surface area (Å²) in [6, 6.07) is 9.52. The van der Waals surface area contributed by atoms with Gasteiger partial charge in [-0.3, -0.25) is 14.7 Å². The molecule has 9 heteroatoms. The summed E-state index contributed by atoms with van der Waals surface area (Å²) < 4.78 is 41.9. The molecule has 0 radical (unpaired) electrons. The maximum Gasteiger partial charge on any atom is 0.418 e. The van der Waals surface area contributed by atoms with Gasteiger partial charge in [-0.2, -0.15) is 13.2 Å². The van der Waals surface area contributed by atoms with Gasteiger partial charge in [0.1, 0.15) is 5.52 Å². The Labute approximate surface area is 170 Å². The Morgan fingerprint density at radius 2 is 1.93 bits per heavy atom. The third-order valence-electron chi connectivity index (χ3n) is 5.48. The van der Waals surface area contributed by atoms with E-state index < -0.39 is 23.2 Å². The molecule has 2 aromatic heterocycles. The van der Waals surface area contributed by atoms with Gasteiger partial charge in [0.15, 0.2) is 5.65 Å². The van der Waals surface area contributed by atoms with Crippen molar-refractivity contribution in [3.05, 3.63) is 53.7 Å². The number of amides is 1. The lowest BCUT2D eigenvalue weighted by molar-refractivity contribution is -0.136. The van der Waals surface area contributed by atoms with Crippen LogP contribution in [0.2, 0.25) is 0 Å². The molecule has 0 spiro atoms. The highest BCUT2D eigenvalue weighted by atomic mass is 19.4. The maximum absolute atomic E-state index is 13.4. The average Bonchev–Trinajstić information content (AvgIpc) is 2.97. The van der Waals surface area contributed by atoms with Crippen LogP contribution in [0.15, 0.2) is 42.6 Å². The van der Waals surface area contributed by atoms with E-state index in [1.165, 1.54) is 6.92 Å². The number of fused-ring (bicyclic) bond motifs is 1. The number of rotatable bonds is 5. The quantitative estimate of drug-likeness (QED) is 0.643. The van der Waals surface area contributed by atoms with Crippen molar-refractivity contribution in [2.75, 3.05) is 5.32 Å². The van der Waals surface area contributed by atoms with Crippen molar-refractivity contribution in [3.8, 4) is 0 Å². The summed E-state index contributed by atoms with van der Waals surface area (Å²) in [5, 5.41) is 13.3.